The third kappa shape index (κ3) is 5.73. The molecule has 0 aliphatic heterocycles. The van der Waals surface area contributed by atoms with Crippen LogP contribution in [-0.2, 0) is 0 Å². The van der Waals surface area contributed by atoms with E-state index in [1.54, 1.807) is 37.3 Å². The van der Waals surface area contributed by atoms with E-state index >= 15 is 0 Å². The van der Waals surface area contributed by atoms with Crippen molar-refractivity contribution in [1.29, 1.82) is 0 Å². The molecule has 1 amide bonds. The van der Waals surface area contributed by atoms with Crippen molar-refractivity contribution < 1.29 is 14.5 Å². The molecule has 0 aliphatic rings. The van der Waals surface area contributed by atoms with Gasteiger partial charge in [0.15, 0.2) is 5.11 Å². The van der Waals surface area contributed by atoms with E-state index in [1.807, 2.05) is 13.8 Å². The monoisotopic (exact) mass is 451 g/mol. The van der Waals surface area contributed by atoms with Gasteiger partial charge >= 0.3 is 0 Å². The fraction of sp³-hybridized carbons (Fsp3) is 0.222. The Bertz CT molecular complexity index is 902. The number of thiocarbonyl (C=S) groups is 1. The van der Waals surface area contributed by atoms with Gasteiger partial charge in [-0.05, 0) is 73.2 Å². The molecule has 2 rings (SSSR count). The molecule has 0 fully saturated rings. The van der Waals surface area contributed by atoms with Crippen LogP contribution in [0.25, 0.3) is 0 Å². The lowest BCUT2D eigenvalue weighted by Crippen LogP contribution is -2.34. The molecule has 0 heterocycles. The van der Waals surface area contributed by atoms with Crippen molar-refractivity contribution in [2.75, 3.05) is 5.32 Å². The molecular formula is C18H18BrN3O4S. The summed E-state index contributed by atoms with van der Waals surface area (Å²) in [6.07, 6.45) is 0.0105. The minimum absolute atomic E-state index is 0.0105. The van der Waals surface area contributed by atoms with Gasteiger partial charge in [0.25, 0.3) is 11.6 Å². The van der Waals surface area contributed by atoms with Crippen molar-refractivity contribution in [3.63, 3.8) is 0 Å². The zero-order valence-corrected chi connectivity index (χ0v) is 17.3. The number of hydrogen-bond donors (Lipinski definition) is 2. The van der Waals surface area contributed by atoms with Crippen LogP contribution in [0.15, 0.2) is 40.9 Å². The summed E-state index contributed by atoms with van der Waals surface area (Å²) in [5.74, 6) is 0.222. The number of benzene rings is 2. The lowest BCUT2D eigenvalue weighted by atomic mass is 10.2. The molecule has 0 atom stereocenters. The normalized spacial score (nSPS) is 10.4. The molecule has 0 bridgehead atoms. The number of hydrogen-bond acceptors (Lipinski definition) is 5. The largest absolute Gasteiger partial charge is 0.490 e. The highest BCUT2D eigenvalue weighted by Gasteiger charge is 2.14. The van der Waals surface area contributed by atoms with Gasteiger partial charge in [0.05, 0.1) is 15.5 Å². The average Bonchev–Trinajstić information content (AvgIpc) is 2.57. The highest BCUT2D eigenvalue weighted by Crippen LogP contribution is 2.27. The number of nitrogens with zero attached hydrogens (tertiary/aromatic N) is 1. The van der Waals surface area contributed by atoms with Crippen LogP contribution in [0.2, 0.25) is 0 Å². The van der Waals surface area contributed by atoms with Gasteiger partial charge in [0.1, 0.15) is 5.75 Å². The molecule has 0 aromatic heterocycles. The molecule has 0 unspecified atom stereocenters. The second-order valence-electron chi connectivity index (χ2n) is 5.98. The summed E-state index contributed by atoms with van der Waals surface area (Å²) in [6, 6.07) is 9.57. The van der Waals surface area contributed by atoms with E-state index in [9.17, 15) is 14.9 Å². The van der Waals surface area contributed by atoms with Crippen LogP contribution < -0.4 is 15.4 Å². The Balaban J connectivity index is 2.05. The second-order valence-corrected chi connectivity index (χ2v) is 7.24. The third-order valence-corrected chi connectivity index (χ3v) is 4.27. The van der Waals surface area contributed by atoms with Crippen LogP contribution in [0.3, 0.4) is 0 Å². The fourth-order valence-corrected chi connectivity index (χ4v) is 2.90. The van der Waals surface area contributed by atoms with Crippen LogP contribution in [0.4, 0.5) is 11.4 Å². The van der Waals surface area contributed by atoms with Crippen molar-refractivity contribution in [3.05, 3.63) is 62.1 Å². The van der Waals surface area contributed by atoms with Gasteiger partial charge in [0.2, 0.25) is 0 Å². The number of amides is 1. The molecule has 2 aromatic rings. The predicted octanol–water partition coefficient (Wildman–Crippen LogP) is 4.58. The summed E-state index contributed by atoms with van der Waals surface area (Å²) >= 11 is 8.50. The van der Waals surface area contributed by atoms with Crippen LogP contribution in [-0.4, -0.2) is 22.0 Å². The Morgan fingerprint density at radius 2 is 1.96 bits per heavy atom. The number of aryl methyl sites for hydroxylation is 1. The summed E-state index contributed by atoms with van der Waals surface area (Å²) in [5.41, 5.74) is 1.31. The highest BCUT2D eigenvalue weighted by molar-refractivity contribution is 9.10. The molecule has 27 heavy (non-hydrogen) atoms. The van der Waals surface area contributed by atoms with Crippen LogP contribution in [0, 0.1) is 17.0 Å². The summed E-state index contributed by atoms with van der Waals surface area (Å²) in [5, 5.41) is 16.4. The predicted molar refractivity (Wildman–Crippen MR) is 111 cm³/mol. The summed E-state index contributed by atoms with van der Waals surface area (Å²) in [6.45, 7) is 5.46. The summed E-state index contributed by atoms with van der Waals surface area (Å²) in [7, 11) is 0. The van der Waals surface area contributed by atoms with Gasteiger partial charge in [0, 0.05) is 22.9 Å². The maximum atomic E-state index is 12.4. The first-order chi connectivity index (χ1) is 12.7. The lowest BCUT2D eigenvalue weighted by Gasteiger charge is -2.13. The zero-order valence-electron chi connectivity index (χ0n) is 14.9. The Morgan fingerprint density at radius 1 is 1.26 bits per heavy atom. The molecule has 7 nitrogen and oxygen atoms in total. The number of carbonyl (C=O) groups is 1. The molecule has 0 radical (unpaired) electrons. The lowest BCUT2D eigenvalue weighted by molar-refractivity contribution is -0.385. The SMILES string of the molecule is Cc1ccc(NC(=S)NC(=O)c2ccc(OC(C)C)c(Br)c2)cc1[N+](=O)[O-]. The van der Waals surface area contributed by atoms with E-state index in [0.29, 0.717) is 27.0 Å². The van der Waals surface area contributed by atoms with Crippen LogP contribution in [0.5, 0.6) is 5.75 Å². The first-order valence-electron chi connectivity index (χ1n) is 8.01. The number of anilines is 1. The smallest absolute Gasteiger partial charge is 0.274 e. The molecule has 2 aromatic carbocycles. The number of rotatable bonds is 5. The van der Waals surface area contributed by atoms with Crippen molar-refractivity contribution in [1.82, 2.24) is 5.32 Å². The van der Waals surface area contributed by atoms with E-state index in [1.165, 1.54) is 6.07 Å². The first-order valence-corrected chi connectivity index (χ1v) is 9.21. The molecule has 0 saturated heterocycles. The molecule has 9 heteroatoms. The summed E-state index contributed by atoms with van der Waals surface area (Å²) < 4.78 is 6.26. The van der Waals surface area contributed by atoms with Gasteiger partial charge < -0.3 is 10.1 Å². The van der Waals surface area contributed by atoms with Gasteiger partial charge in [-0.2, -0.15) is 0 Å². The molecule has 0 saturated carbocycles. The van der Waals surface area contributed by atoms with Crippen molar-refractivity contribution in [3.8, 4) is 5.75 Å². The van der Waals surface area contributed by atoms with E-state index in [2.05, 4.69) is 26.6 Å². The molecule has 0 aliphatic carbocycles. The van der Waals surface area contributed by atoms with E-state index < -0.39 is 10.8 Å². The minimum atomic E-state index is -0.472. The second kappa shape index (κ2) is 8.92. The molecule has 142 valence electrons. The van der Waals surface area contributed by atoms with Crippen molar-refractivity contribution >= 4 is 50.5 Å². The van der Waals surface area contributed by atoms with Gasteiger partial charge in [-0.25, -0.2) is 0 Å². The Hall–Kier alpha value is -2.52. The van der Waals surface area contributed by atoms with Crippen molar-refractivity contribution in [2.24, 2.45) is 0 Å². The Morgan fingerprint density at radius 3 is 2.56 bits per heavy atom. The first kappa shape index (κ1) is 20.8. The maximum absolute atomic E-state index is 12.4. The zero-order chi connectivity index (χ0) is 20.1. The Kier molecular flexibility index (Phi) is 6.86. The number of nitrogens with one attached hydrogen (secondary N) is 2. The van der Waals surface area contributed by atoms with E-state index in [0.717, 1.165) is 0 Å². The van der Waals surface area contributed by atoms with E-state index in [-0.39, 0.29) is 16.9 Å². The van der Waals surface area contributed by atoms with Gasteiger partial charge in [-0.1, -0.05) is 6.07 Å². The number of nitro benzene ring substituents is 1. The molecule has 0 spiro atoms. The third-order valence-electron chi connectivity index (χ3n) is 3.45. The van der Waals surface area contributed by atoms with Gasteiger partial charge in [-0.15, -0.1) is 0 Å². The highest BCUT2D eigenvalue weighted by atomic mass is 79.9. The maximum Gasteiger partial charge on any atom is 0.274 e. The Labute approximate surface area is 170 Å². The summed E-state index contributed by atoms with van der Waals surface area (Å²) in [4.78, 5) is 22.9. The number of nitro groups is 1. The van der Waals surface area contributed by atoms with Gasteiger partial charge in [-0.3, -0.25) is 20.2 Å². The number of ether oxygens (including phenoxy) is 1. The molecule has 2 N–H and O–H groups in total. The van der Waals surface area contributed by atoms with Crippen LogP contribution in [0.1, 0.15) is 29.8 Å². The fourth-order valence-electron chi connectivity index (χ4n) is 2.21. The topological polar surface area (TPSA) is 93.5 Å². The quantitative estimate of drug-likeness (QED) is 0.392. The minimum Gasteiger partial charge on any atom is -0.490 e. The average molecular weight is 452 g/mol. The van der Waals surface area contributed by atoms with E-state index in [4.69, 9.17) is 17.0 Å². The molecular weight excluding hydrogens is 434 g/mol. The standard InChI is InChI=1S/C18H18BrN3O4S/c1-10(2)26-16-7-5-12(8-14(16)19)17(23)21-18(27)20-13-6-4-11(3)15(9-13)22(24)25/h4-10H,1-3H3,(H2,20,21,23,27). The van der Waals surface area contributed by atoms with Crippen LogP contribution >= 0.6 is 28.1 Å². The number of halogens is 1. The number of carbonyl (C=O) groups excluding carboxylic acids is 1. The van der Waals surface area contributed by atoms with Crippen molar-refractivity contribution in [2.45, 2.75) is 26.9 Å².